The van der Waals surface area contributed by atoms with E-state index in [0.29, 0.717) is 0 Å². The predicted octanol–water partition coefficient (Wildman–Crippen LogP) is 1.30. The Morgan fingerprint density at radius 2 is 2.33 bits per heavy atom. The summed E-state index contributed by atoms with van der Waals surface area (Å²) in [4.78, 5) is 4.20. The lowest BCUT2D eigenvalue weighted by molar-refractivity contribution is 0.537. The Labute approximate surface area is 73.0 Å². The van der Waals surface area contributed by atoms with Gasteiger partial charge in [0.15, 0.2) is 0 Å². The van der Waals surface area contributed by atoms with Crippen molar-refractivity contribution >= 4 is 0 Å². The topological polar surface area (TPSA) is 50.9 Å². The molecule has 0 aromatic carbocycles. The Balaban J connectivity index is 2.80. The molecule has 1 aromatic heterocycles. The average Bonchev–Trinajstić information content (AvgIpc) is 2.10. The van der Waals surface area contributed by atoms with Crippen LogP contribution < -0.4 is 11.3 Å². The summed E-state index contributed by atoms with van der Waals surface area (Å²) < 4.78 is 0. The van der Waals surface area contributed by atoms with Crippen LogP contribution in [-0.2, 0) is 0 Å². The van der Waals surface area contributed by atoms with Gasteiger partial charge in [-0.3, -0.25) is 16.3 Å². The van der Waals surface area contributed by atoms with E-state index in [1.54, 1.807) is 0 Å². The molecule has 0 bridgehead atoms. The van der Waals surface area contributed by atoms with Crippen molar-refractivity contribution in [3.05, 3.63) is 29.6 Å². The molecular weight excluding hydrogens is 150 g/mol. The van der Waals surface area contributed by atoms with Crippen LogP contribution >= 0.6 is 0 Å². The molecule has 1 heterocycles. The zero-order valence-corrected chi connectivity index (χ0v) is 7.54. The zero-order chi connectivity index (χ0) is 8.97. The summed E-state index contributed by atoms with van der Waals surface area (Å²) in [5.74, 6) is 5.38. The van der Waals surface area contributed by atoms with Crippen molar-refractivity contribution in [2.75, 3.05) is 0 Å². The Kier molecular flexibility index (Phi) is 3.19. The molecule has 1 aromatic rings. The molecule has 1 atom stereocenters. The second-order valence-electron chi connectivity index (χ2n) is 2.86. The maximum atomic E-state index is 5.38. The summed E-state index contributed by atoms with van der Waals surface area (Å²) in [7, 11) is 0. The van der Waals surface area contributed by atoms with Gasteiger partial charge in [-0.15, -0.1) is 0 Å². The molecule has 3 N–H and O–H groups in total. The van der Waals surface area contributed by atoms with E-state index in [1.165, 1.54) is 0 Å². The predicted molar refractivity (Wildman–Crippen MR) is 49.3 cm³/mol. The second kappa shape index (κ2) is 4.18. The summed E-state index contributed by atoms with van der Waals surface area (Å²) in [6.07, 6.45) is 2.84. The summed E-state index contributed by atoms with van der Waals surface area (Å²) >= 11 is 0. The number of aromatic nitrogens is 1. The van der Waals surface area contributed by atoms with E-state index in [-0.39, 0.29) is 6.04 Å². The molecule has 0 spiro atoms. The highest BCUT2D eigenvalue weighted by Crippen LogP contribution is 2.13. The number of hydrazine groups is 1. The summed E-state index contributed by atoms with van der Waals surface area (Å²) in [6.45, 7) is 4.06. The van der Waals surface area contributed by atoms with E-state index < -0.39 is 0 Å². The third-order valence-electron chi connectivity index (χ3n) is 1.95. The maximum absolute atomic E-state index is 5.38. The molecule has 0 saturated heterocycles. The lowest BCUT2D eigenvalue weighted by atomic mass is 10.1. The number of nitrogens with one attached hydrogen (secondary N) is 1. The Morgan fingerprint density at radius 1 is 1.58 bits per heavy atom. The fraction of sp³-hybridized carbons (Fsp3) is 0.444. The largest absolute Gasteiger partial charge is 0.271 e. The Hall–Kier alpha value is -0.930. The molecule has 0 saturated carbocycles. The summed E-state index contributed by atoms with van der Waals surface area (Å²) in [5.41, 5.74) is 4.92. The van der Waals surface area contributed by atoms with E-state index in [1.807, 2.05) is 19.2 Å². The quantitative estimate of drug-likeness (QED) is 0.524. The van der Waals surface area contributed by atoms with Gasteiger partial charge in [0.25, 0.3) is 0 Å². The molecule has 12 heavy (non-hydrogen) atoms. The van der Waals surface area contributed by atoms with Gasteiger partial charge in [-0.2, -0.15) is 0 Å². The molecular formula is C9H15N3. The molecule has 0 fully saturated rings. The van der Waals surface area contributed by atoms with Gasteiger partial charge in [0, 0.05) is 17.9 Å². The molecule has 3 heteroatoms. The van der Waals surface area contributed by atoms with Crippen LogP contribution in [0.1, 0.15) is 30.6 Å². The minimum absolute atomic E-state index is 0.220. The fourth-order valence-corrected chi connectivity index (χ4v) is 1.14. The number of rotatable bonds is 3. The molecule has 1 rings (SSSR count). The van der Waals surface area contributed by atoms with Crippen LogP contribution in [0.5, 0.6) is 0 Å². The minimum atomic E-state index is 0.220. The molecule has 66 valence electrons. The highest BCUT2D eigenvalue weighted by molar-refractivity contribution is 5.16. The summed E-state index contributed by atoms with van der Waals surface area (Å²) in [5, 5.41) is 0. The first-order valence-electron chi connectivity index (χ1n) is 4.16. The standard InChI is InChI=1S/C9H15N3/c1-3-9(12-10)8-5-4-7(2)11-6-8/h4-6,9,12H,3,10H2,1-2H3. The van der Waals surface area contributed by atoms with Crippen LogP contribution in [0.3, 0.4) is 0 Å². The first kappa shape index (κ1) is 9.16. The zero-order valence-electron chi connectivity index (χ0n) is 7.54. The minimum Gasteiger partial charge on any atom is -0.271 e. The smallest absolute Gasteiger partial charge is 0.0472 e. The van der Waals surface area contributed by atoms with Crippen molar-refractivity contribution in [1.82, 2.24) is 10.4 Å². The van der Waals surface area contributed by atoms with E-state index in [9.17, 15) is 0 Å². The summed E-state index contributed by atoms with van der Waals surface area (Å²) in [6, 6.07) is 4.27. The van der Waals surface area contributed by atoms with Crippen LogP contribution in [0.2, 0.25) is 0 Å². The number of hydrogen-bond donors (Lipinski definition) is 2. The van der Waals surface area contributed by atoms with Crippen LogP contribution in [0, 0.1) is 6.92 Å². The average molecular weight is 165 g/mol. The van der Waals surface area contributed by atoms with Crippen LogP contribution in [0.4, 0.5) is 0 Å². The third kappa shape index (κ3) is 2.03. The lowest BCUT2D eigenvalue weighted by Crippen LogP contribution is -2.27. The van der Waals surface area contributed by atoms with Crippen molar-refractivity contribution in [2.45, 2.75) is 26.3 Å². The van der Waals surface area contributed by atoms with Crippen molar-refractivity contribution in [1.29, 1.82) is 0 Å². The highest BCUT2D eigenvalue weighted by atomic mass is 15.2. The first-order chi connectivity index (χ1) is 5.77. The molecule has 3 nitrogen and oxygen atoms in total. The van der Waals surface area contributed by atoms with Crippen molar-refractivity contribution in [3.63, 3.8) is 0 Å². The van der Waals surface area contributed by atoms with Crippen molar-refractivity contribution in [2.24, 2.45) is 5.84 Å². The number of nitrogens with zero attached hydrogens (tertiary/aromatic N) is 1. The highest BCUT2D eigenvalue weighted by Gasteiger charge is 2.05. The van der Waals surface area contributed by atoms with E-state index in [2.05, 4.69) is 23.4 Å². The first-order valence-corrected chi connectivity index (χ1v) is 4.16. The van der Waals surface area contributed by atoms with E-state index >= 15 is 0 Å². The van der Waals surface area contributed by atoms with Gasteiger partial charge in [-0.05, 0) is 25.0 Å². The van der Waals surface area contributed by atoms with Crippen molar-refractivity contribution < 1.29 is 0 Å². The Morgan fingerprint density at radius 3 is 2.75 bits per heavy atom. The lowest BCUT2D eigenvalue weighted by Gasteiger charge is -2.12. The molecule has 0 aliphatic rings. The van der Waals surface area contributed by atoms with Crippen LogP contribution in [0.15, 0.2) is 18.3 Å². The monoisotopic (exact) mass is 165 g/mol. The normalized spacial score (nSPS) is 12.9. The molecule has 0 aliphatic heterocycles. The number of nitrogens with two attached hydrogens (primary N) is 1. The Bertz CT molecular complexity index is 226. The van der Waals surface area contributed by atoms with Gasteiger partial charge >= 0.3 is 0 Å². The fourth-order valence-electron chi connectivity index (χ4n) is 1.14. The molecule has 0 amide bonds. The van der Waals surface area contributed by atoms with Crippen LogP contribution in [-0.4, -0.2) is 4.98 Å². The SMILES string of the molecule is CCC(NN)c1ccc(C)nc1. The van der Waals surface area contributed by atoms with Gasteiger partial charge in [-0.25, -0.2) is 0 Å². The third-order valence-corrected chi connectivity index (χ3v) is 1.95. The van der Waals surface area contributed by atoms with Crippen LogP contribution in [0.25, 0.3) is 0 Å². The van der Waals surface area contributed by atoms with Gasteiger partial charge in [0.05, 0.1) is 0 Å². The number of aryl methyl sites for hydroxylation is 1. The number of pyridine rings is 1. The molecule has 0 aliphatic carbocycles. The van der Waals surface area contributed by atoms with Gasteiger partial charge < -0.3 is 0 Å². The second-order valence-corrected chi connectivity index (χ2v) is 2.86. The van der Waals surface area contributed by atoms with Crippen molar-refractivity contribution in [3.8, 4) is 0 Å². The maximum Gasteiger partial charge on any atom is 0.0472 e. The molecule has 1 unspecified atom stereocenters. The van der Waals surface area contributed by atoms with E-state index in [4.69, 9.17) is 5.84 Å². The van der Waals surface area contributed by atoms with E-state index in [0.717, 1.165) is 17.7 Å². The van der Waals surface area contributed by atoms with Gasteiger partial charge in [-0.1, -0.05) is 13.0 Å². The number of hydrogen-bond acceptors (Lipinski definition) is 3. The molecule has 0 radical (unpaired) electrons. The van der Waals surface area contributed by atoms with Gasteiger partial charge in [0.2, 0.25) is 0 Å². The van der Waals surface area contributed by atoms with Gasteiger partial charge in [0.1, 0.15) is 0 Å².